The molecule has 5 heterocycles. The maximum Gasteiger partial charge on any atom is 0.391 e. The second kappa shape index (κ2) is 17.3. The van der Waals surface area contributed by atoms with Crippen LogP contribution in [0.25, 0.3) is 22.3 Å². The molecule has 2 aromatic heterocycles. The lowest BCUT2D eigenvalue weighted by Crippen LogP contribution is -2.47. The third kappa shape index (κ3) is 9.10. The SMILES string of the molecule is O=C1C[C@]2(C(=O)NS(=O)(=O)C3CC3)C[C@H]2/C=C\CCCCC[C@H](CC(=O)N2CCC(C(F)(F)F)CC2)C(=O)N2C[C@H](Oc3cc(-c4ccccn4)nc4c5c(ccc34)CCC5)C[C@@H]12. The van der Waals surface area contributed by atoms with Gasteiger partial charge >= 0.3 is 6.18 Å². The van der Waals surface area contributed by atoms with E-state index in [1.54, 1.807) is 6.20 Å². The highest BCUT2D eigenvalue weighted by Crippen LogP contribution is 2.57. The fourth-order valence-electron chi connectivity index (χ4n) is 10.4. The van der Waals surface area contributed by atoms with Crippen LogP contribution < -0.4 is 9.46 Å². The van der Waals surface area contributed by atoms with E-state index in [2.05, 4.69) is 15.8 Å². The summed E-state index contributed by atoms with van der Waals surface area (Å²) < 4.78 is 75.6. The molecule has 5 atom stereocenters. The number of amides is 3. The number of aryl methyl sites for hydroxylation is 2. The second-order valence-electron chi connectivity index (χ2n) is 18.6. The maximum atomic E-state index is 15.0. The van der Waals surface area contributed by atoms with E-state index in [0.717, 1.165) is 48.6 Å². The molecule has 0 spiro atoms. The predicted octanol–water partition coefficient (Wildman–Crippen LogP) is 7.04. The number of sulfonamides is 1. The van der Waals surface area contributed by atoms with Gasteiger partial charge in [0.1, 0.15) is 11.9 Å². The van der Waals surface area contributed by atoms with Crippen LogP contribution in [-0.4, -0.2) is 94.9 Å². The van der Waals surface area contributed by atoms with Crippen molar-refractivity contribution in [2.24, 2.45) is 23.2 Å². The first kappa shape index (κ1) is 43.4. The number of nitrogens with one attached hydrogen (secondary N) is 1. The number of piperidine rings is 1. The molecular formula is C47H54F3N5O7S. The van der Waals surface area contributed by atoms with E-state index in [1.165, 1.54) is 15.4 Å². The van der Waals surface area contributed by atoms with E-state index in [-0.39, 0.29) is 64.1 Å². The van der Waals surface area contributed by atoms with E-state index in [1.807, 2.05) is 42.5 Å². The van der Waals surface area contributed by atoms with Crippen molar-refractivity contribution in [1.82, 2.24) is 24.5 Å². The molecule has 0 bridgehead atoms. The van der Waals surface area contributed by atoms with Crippen LogP contribution in [0, 0.1) is 23.2 Å². The number of rotatable bonds is 8. The molecule has 1 aromatic carbocycles. The smallest absolute Gasteiger partial charge is 0.391 e. The van der Waals surface area contributed by atoms with Gasteiger partial charge < -0.3 is 14.5 Å². The number of hydrogen-bond donors (Lipinski definition) is 1. The number of nitrogens with zero attached hydrogens (tertiary/aromatic N) is 4. The zero-order valence-corrected chi connectivity index (χ0v) is 36.1. The number of allylic oxidation sites excluding steroid dienone is 2. The van der Waals surface area contributed by atoms with Gasteiger partial charge in [-0.25, -0.2) is 13.4 Å². The van der Waals surface area contributed by atoms with Crippen molar-refractivity contribution in [3.63, 3.8) is 0 Å². The Balaban J connectivity index is 1.03. The molecule has 0 radical (unpaired) electrons. The fourth-order valence-corrected chi connectivity index (χ4v) is 11.8. The first-order valence-electron chi connectivity index (χ1n) is 22.6. The molecule has 6 aliphatic rings. The van der Waals surface area contributed by atoms with Gasteiger partial charge in [0.25, 0.3) is 0 Å². The number of hydrogen-bond acceptors (Lipinski definition) is 9. The summed E-state index contributed by atoms with van der Waals surface area (Å²) >= 11 is 0. The number of likely N-dealkylation sites (tertiary alicyclic amines) is 1. The Morgan fingerprint density at radius 1 is 0.952 bits per heavy atom. The van der Waals surface area contributed by atoms with Crippen LogP contribution in [0.15, 0.2) is 54.7 Å². The summed E-state index contributed by atoms with van der Waals surface area (Å²) in [6.45, 7) is -0.103. The highest BCUT2D eigenvalue weighted by Gasteiger charge is 2.61. The van der Waals surface area contributed by atoms with Gasteiger partial charge in [-0.15, -0.1) is 0 Å². The number of aromatic nitrogens is 2. The van der Waals surface area contributed by atoms with Gasteiger partial charge in [-0.1, -0.05) is 37.1 Å². The number of alkyl halides is 3. The van der Waals surface area contributed by atoms with Crippen molar-refractivity contribution in [3.8, 4) is 17.1 Å². The predicted molar refractivity (Wildman–Crippen MR) is 227 cm³/mol. The number of carbonyl (C=O) groups excluding carboxylic acids is 4. The average molecular weight is 890 g/mol. The van der Waals surface area contributed by atoms with Gasteiger partial charge in [0, 0.05) is 55.9 Å². The first-order chi connectivity index (χ1) is 30.2. The second-order valence-corrected chi connectivity index (χ2v) is 20.6. The summed E-state index contributed by atoms with van der Waals surface area (Å²) in [4.78, 5) is 70.1. The van der Waals surface area contributed by atoms with Crippen LogP contribution in [0.5, 0.6) is 5.75 Å². The number of carbonyl (C=O) groups is 4. The number of fused-ring (bicyclic) bond motifs is 5. The molecule has 3 amide bonds. The zero-order valence-electron chi connectivity index (χ0n) is 35.3. The Morgan fingerprint density at radius 3 is 2.51 bits per heavy atom. The van der Waals surface area contributed by atoms with Crippen molar-refractivity contribution in [3.05, 3.63) is 65.9 Å². The summed E-state index contributed by atoms with van der Waals surface area (Å²) in [5, 5.41) is 0.152. The summed E-state index contributed by atoms with van der Waals surface area (Å²) in [6.07, 6.45) is 6.89. The summed E-state index contributed by atoms with van der Waals surface area (Å²) in [5.74, 6) is -4.08. The minimum absolute atomic E-state index is 0.00315. The number of ether oxygens (including phenoxy) is 1. The Morgan fingerprint density at radius 2 is 1.76 bits per heavy atom. The molecule has 3 aliphatic carbocycles. The Bertz CT molecular complexity index is 2420. The monoisotopic (exact) mass is 889 g/mol. The summed E-state index contributed by atoms with van der Waals surface area (Å²) in [6, 6.07) is 10.4. The van der Waals surface area contributed by atoms with Gasteiger partial charge in [0.05, 0.1) is 46.1 Å². The lowest BCUT2D eigenvalue weighted by atomic mass is 9.90. The molecule has 16 heteroatoms. The molecule has 63 heavy (non-hydrogen) atoms. The van der Waals surface area contributed by atoms with Crippen LogP contribution in [0.4, 0.5) is 13.2 Å². The summed E-state index contributed by atoms with van der Waals surface area (Å²) in [5.41, 5.74) is 3.14. The molecule has 2 saturated heterocycles. The Labute approximate surface area is 365 Å². The molecule has 336 valence electrons. The molecular weight excluding hydrogens is 836 g/mol. The number of halogens is 3. The molecule has 2 saturated carbocycles. The minimum Gasteiger partial charge on any atom is -0.488 e. The van der Waals surface area contributed by atoms with Crippen LogP contribution in [0.2, 0.25) is 0 Å². The van der Waals surface area contributed by atoms with Gasteiger partial charge in [0.15, 0.2) is 5.78 Å². The third-order valence-electron chi connectivity index (χ3n) is 14.3. The van der Waals surface area contributed by atoms with Crippen LogP contribution in [0.3, 0.4) is 0 Å². The molecule has 1 N–H and O–H groups in total. The molecule has 3 aromatic rings. The largest absolute Gasteiger partial charge is 0.488 e. The molecule has 4 fully saturated rings. The van der Waals surface area contributed by atoms with E-state index < -0.39 is 74.4 Å². The Hall–Kier alpha value is -4.86. The maximum absolute atomic E-state index is 15.0. The van der Waals surface area contributed by atoms with Crippen LogP contribution >= 0.6 is 0 Å². The molecule has 12 nitrogen and oxygen atoms in total. The van der Waals surface area contributed by atoms with Crippen molar-refractivity contribution in [1.29, 1.82) is 0 Å². The van der Waals surface area contributed by atoms with Gasteiger partial charge in [-0.05, 0) is 106 Å². The van der Waals surface area contributed by atoms with Crippen molar-refractivity contribution in [2.75, 3.05) is 19.6 Å². The van der Waals surface area contributed by atoms with Gasteiger partial charge in [-0.3, -0.25) is 28.9 Å². The number of pyridine rings is 2. The quantitative estimate of drug-likeness (QED) is 0.235. The van der Waals surface area contributed by atoms with E-state index in [4.69, 9.17) is 9.72 Å². The van der Waals surface area contributed by atoms with Crippen molar-refractivity contribution < 1.29 is 45.5 Å². The lowest BCUT2D eigenvalue weighted by molar-refractivity contribution is -0.186. The topological polar surface area (TPSA) is 156 Å². The van der Waals surface area contributed by atoms with E-state index in [9.17, 15) is 40.8 Å². The molecule has 3 aliphatic heterocycles. The highest BCUT2D eigenvalue weighted by atomic mass is 32.2. The first-order valence-corrected chi connectivity index (χ1v) is 24.2. The van der Waals surface area contributed by atoms with Crippen molar-refractivity contribution in [2.45, 2.75) is 126 Å². The van der Waals surface area contributed by atoms with Crippen LogP contribution in [0.1, 0.15) is 101 Å². The third-order valence-corrected chi connectivity index (χ3v) is 16.1. The standard InChI is InChI=1S/C47H54F3N5O7S/c48-47(49,50)31-18-21-54(22-19-31)42(57)23-30-9-4-2-1-3-5-11-32-26-46(32,45(59)53-63(60,61)34-15-16-34)27-40(56)39-24-33(28-55(39)44(30)58)62-41-25-38(37-13-6-7-20-51-37)52-43-35-12-8-10-29(35)14-17-36(41)43/h5-7,11,13-14,17,20,25,30-34,39H,1-4,8-10,12,15-16,18-19,21-24,26-28H2,(H,53,59)/b11-5-/t30-,32-,33-,39+,46-/m1/s1. The number of benzene rings is 1. The average Bonchev–Trinajstić information content (AvgIpc) is 4.14. The summed E-state index contributed by atoms with van der Waals surface area (Å²) in [7, 11) is -3.91. The van der Waals surface area contributed by atoms with Gasteiger partial charge in [0.2, 0.25) is 27.7 Å². The minimum atomic E-state index is -4.34. The highest BCUT2D eigenvalue weighted by molar-refractivity contribution is 7.90. The number of Topliss-reactive ketones (excluding diaryl/α,β-unsaturated/α-hetero) is 1. The van der Waals surface area contributed by atoms with Crippen LogP contribution in [-0.2, 0) is 42.0 Å². The van der Waals surface area contributed by atoms with Gasteiger partial charge in [-0.2, -0.15) is 13.2 Å². The Kier molecular flexibility index (Phi) is 11.9. The van der Waals surface area contributed by atoms with E-state index >= 15 is 0 Å². The normalized spacial score (nSPS) is 27.8. The molecule has 9 rings (SSSR count). The fraction of sp³-hybridized carbons (Fsp3) is 0.574. The lowest BCUT2D eigenvalue weighted by Gasteiger charge is -2.34. The zero-order chi connectivity index (χ0) is 44.1. The number of ketones is 1. The van der Waals surface area contributed by atoms with Crippen molar-refractivity contribution >= 4 is 44.4 Å². The van der Waals surface area contributed by atoms with E-state index in [0.29, 0.717) is 49.2 Å². The molecule has 0 unspecified atom stereocenters.